The maximum absolute atomic E-state index is 12.6. The number of furan rings is 1. The van der Waals surface area contributed by atoms with Crippen molar-refractivity contribution in [2.75, 3.05) is 5.32 Å². The molecular formula is C28H26ClNO3. The van der Waals surface area contributed by atoms with Crippen LogP contribution >= 0.6 is 11.6 Å². The first-order valence-corrected chi connectivity index (χ1v) is 11.3. The second-order valence-corrected chi connectivity index (χ2v) is 8.65. The van der Waals surface area contributed by atoms with Crippen molar-refractivity contribution in [3.8, 4) is 16.9 Å². The van der Waals surface area contributed by atoms with Crippen molar-refractivity contribution in [2.24, 2.45) is 0 Å². The minimum absolute atomic E-state index is 0.222. The second-order valence-electron chi connectivity index (χ2n) is 8.25. The summed E-state index contributed by atoms with van der Waals surface area (Å²) < 4.78 is 11.7. The number of anilines is 1. The fourth-order valence-electron chi connectivity index (χ4n) is 3.54. The van der Waals surface area contributed by atoms with Crippen molar-refractivity contribution >= 4 is 23.2 Å². The molecule has 168 valence electrons. The third kappa shape index (κ3) is 5.47. The summed E-state index contributed by atoms with van der Waals surface area (Å²) in [6, 6.07) is 25.1. The smallest absolute Gasteiger partial charge is 0.291 e. The van der Waals surface area contributed by atoms with Gasteiger partial charge in [-0.15, -0.1) is 0 Å². The number of ether oxygens (including phenoxy) is 1. The molecule has 5 heteroatoms. The van der Waals surface area contributed by atoms with E-state index in [1.807, 2.05) is 61.5 Å². The van der Waals surface area contributed by atoms with Gasteiger partial charge in [0.2, 0.25) is 0 Å². The third-order valence-corrected chi connectivity index (χ3v) is 5.83. The van der Waals surface area contributed by atoms with E-state index in [4.69, 9.17) is 20.8 Å². The Morgan fingerprint density at radius 1 is 0.970 bits per heavy atom. The first kappa shape index (κ1) is 22.7. The number of carbonyl (C=O) groups is 1. The van der Waals surface area contributed by atoms with Crippen LogP contribution in [-0.4, -0.2) is 5.91 Å². The fraction of sp³-hybridized carbons (Fsp3) is 0.179. The highest BCUT2D eigenvalue weighted by Crippen LogP contribution is 2.32. The number of benzene rings is 3. The number of hydrogen-bond donors (Lipinski definition) is 1. The lowest BCUT2D eigenvalue weighted by atomic mass is 10.0. The average Bonchev–Trinajstić information content (AvgIpc) is 3.30. The summed E-state index contributed by atoms with van der Waals surface area (Å²) in [4.78, 5) is 12.6. The number of aryl methyl sites for hydroxylation is 1. The first-order valence-electron chi connectivity index (χ1n) is 10.9. The van der Waals surface area contributed by atoms with Gasteiger partial charge in [0.1, 0.15) is 18.1 Å². The molecule has 0 aliphatic carbocycles. The van der Waals surface area contributed by atoms with E-state index in [1.165, 1.54) is 0 Å². The summed E-state index contributed by atoms with van der Waals surface area (Å²) in [5.41, 5.74) is 4.90. The quantitative estimate of drug-likeness (QED) is 0.306. The Bertz CT molecular complexity index is 1240. The summed E-state index contributed by atoms with van der Waals surface area (Å²) in [5.74, 6) is 1.54. The van der Waals surface area contributed by atoms with Gasteiger partial charge in [0, 0.05) is 10.7 Å². The monoisotopic (exact) mass is 459 g/mol. The summed E-state index contributed by atoms with van der Waals surface area (Å²) in [6.07, 6.45) is 0. The second kappa shape index (κ2) is 9.97. The van der Waals surface area contributed by atoms with Crippen LogP contribution in [0.5, 0.6) is 5.75 Å². The predicted molar refractivity (Wildman–Crippen MR) is 133 cm³/mol. The maximum Gasteiger partial charge on any atom is 0.291 e. The van der Waals surface area contributed by atoms with E-state index in [1.54, 1.807) is 12.1 Å². The van der Waals surface area contributed by atoms with Crippen LogP contribution in [0.4, 0.5) is 5.69 Å². The Balaban J connectivity index is 1.39. The molecular weight excluding hydrogens is 434 g/mol. The molecule has 0 saturated carbocycles. The van der Waals surface area contributed by atoms with Crippen molar-refractivity contribution in [2.45, 2.75) is 33.3 Å². The molecule has 0 unspecified atom stereocenters. The van der Waals surface area contributed by atoms with Gasteiger partial charge in [-0.1, -0.05) is 67.9 Å². The minimum atomic E-state index is -0.307. The highest BCUT2D eigenvalue weighted by molar-refractivity contribution is 6.31. The summed E-state index contributed by atoms with van der Waals surface area (Å²) >= 11 is 6.27. The van der Waals surface area contributed by atoms with E-state index in [2.05, 4.69) is 31.3 Å². The molecule has 1 amide bonds. The molecule has 33 heavy (non-hydrogen) atoms. The largest absolute Gasteiger partial charge is 0.485 e. The van der Waals surface area contributed by atoms with E-state index in [-0.39, 0.29) is 24.2 Å². The molecule has 0 aliphatic rings. The van der Waals surface area contributed by atoms with Crippen LogP contribution in [0.25, 0.3) is 11.1 Å². The fourth-order valence-corrected chi connectivity index (χ4v) is 3.71. The van der Waals surface area contributed by atoms with Gasteiger partial charge in [-0.25, -0.2) is 0 Å². The number of hydrogen-bond acceptors (Lipinski definition) is 3. The van der Waals surface area contributed by atoms with Gasteiger partial charge in [0.25, 0.3) is 5.91 Å². The molecule has 1 N–H and O–H groups in total. The maximum atomic E-state index is 12.6. The molecule has 0 aliphatic heterocycles. The van der Waals surface area contributed by atoms with Gasteiger partial charge >= 0.3 is 0 Å². The first-order chi connectivity index (χ1) is 15.9. The molecule has 0 bridgehead atoms. The van der Waals surface area contributed by atoms with Crippen LogP contribution in [0.3, 0.4) is 0 Å². The van der Waals surface area contributed by atoms with Gasteiger partial charge in [0.15, 0.2) is 5.76 Å². The van der Waals surface area contributed by atoms with Crippen LogP contribution < -0.4 is 10.1 Å². The zero-order valence-electron chi connectivity index (χ0n) is 18.9. The van der Waals surface area contributed by atoms with E-state index in [0.29, 0.717) is 11.4 Å². The Labute approximate surface area is 199 Å². The van der Waals surface area contributed by atoms with Gasteiger partial charge in [0.05, 0.1) is 0 Å². The topological polar surface area (TPSA) is 51.5 Å². The Morgan fingerprint density at radius 3 is 2.36 bits per heavy atom. The standard InChI is InChI=1S/C28H26ClNO3/c1-18(2)24-16-25(29)19(3)15-27(24)32-17-23-13-14-26(33-23)28(31)30-22-11-9-21(10-12-22)20-7-5-4-6-8-20/h4-16,18H,17H2,1-3H3,(H,30,31). The average molecular weight is 460 g/mol. The van der Waals surface area contributed by atoms with Crippen molar-refractivity contribution < 1.29 is 13.9 Å². The molecule has 4 rings (SSSR count). The molecule has 4 aromatic rings. The van der Waals surface area contributed by atoms with Crippen LogP contribution in [-0.2, 0) is 6.61 Å². The normalized spacial score (nSPS) is 10.9. The molecule has 0 saturated heterocycles. The zero-order valence-corrected chi connectivity index (χ0v) is 19.6. The van der Waals surface area contributed by atoms with Gasteiger partial charge < -0.3 is 14.5 Å². The Morgan fingerprint density at radius 2 is 1.67 bits per heavy atom. The number of carbonyl (C=O) groups excluding carboxylic acids is 1. The minimum Gasteiger partial charge on any atom is -0.485 e. The van der Waals surface area contributed by atoms with Crippen molar-refractivity contribution in [1.29, 1.82) is 0 Å². The Hall–Kier alpha value is -3.50. The number of halogens is 1. The van der Waals surface area contributed by atoms with Crippen molar-refractivity contribution in [3.05, 3.63) is 107 Å². The Kier molecular flexibility index (Phi) is 6.85. The van der Waals surface area contributed by atoms with Crippen LogP contribution in [0.15, 0.2) is 83.3 Å². The summed E-state index contributed by atoms with van der Waals surface area (Å²) in [6.45, 7) is 6.35. The highest BCUT2D eigenvalue weighted by atomic mass is 35.5. The molecule has 0 atom stereocenters. The van der Waals surface area contributed by atoms with Gasteiger partial charge in [-0.2, -0.15) is 0 Å². The lowest BCUT2D eigenvalue weighted by molar-refractivity contribution is 0.0992. The molecule has 1 aromatic heterocycles. The summed E-state index contributed by atoms with van der Waals surface area (Å²) in [5, 5.41) is 3.60. The summed E-state index contributed by atoms with van der Waals surface area (Å²) in [7, 11) is 0. The number of rotatable bonds is 7. The van der Waals surface area contributed by atoms with Crippen LogP contribution in [0, 0.1) is 6.92 Å². The predicted octanol–water partition coefficient (Wildman–Crippen LogP) is 7.86. The third-order valence-electron chi connectivity index (χ3n) is 5.42. The van der Waals surface area contributed by atoms with Crippen LogP contribution in [0.1, 0.15) is 47.2 Å². The van der Waals surface area contributed by atoms with E-state index < -0.39 is 0 Å². The molecule has 1 heterocycles. The van der Waals surface area contributed by atoms with E-state index >= 15 is 0 Å². The van der Waals surface area contributed by atoms with Crippen LogP contribution in [0.2, 0.25) is 5.02 Å². The van der Waals surface area contributed by atoms with Crippen molar-refractivity contribution in [3.63, 3.8) is 0 Å². The molecule has 4 nitrogen and oxygen atoms in total. The SMILES string of the molecule is Cc1cc(OCc2ccc(C(=O)Nc3ccc(-c4ccccc4)cc3)o2)c(C(C)C)cc1Cl. The lowest BCUT2D eigenvalue weighted by Crippen LogP contribution is -2.10. The molecule has 0 spiro atoms. The lowest BCUT2D eigenvalue weighted by Gasteiger charge is -2.15. The molecule has 3 aromatic carbocycles. The zero-order chi connectivity index (χ0) is 23.4. The molecule has 0 fully saturated rings. The number of amides is 1. The van der Waals surface area contributed by atoms with Gasteiger partial charge in [-0.3, -0.25) is 4.79 Å². The van der Waals surface area contributed by atoms with E-state index in [0.717, 1.165) is 33.0 Å². The van der Waals surface area contributed by atoms with E-state index in [9.17, 15) is 4.79 Å². The van der Waals surface area contributed by atoms with Gasteiger partial charge in [-0.05, 0) is 71.5 Å². The molecule has 0 radical (unpaired) electrons. The number of nitrogens with one attached hydrogen (secondary N) is 1. The highest BCUT2D eigenvalue weighted by Gasteiger charge is 2.15. The van der Waals surface area contributed by atoms with Crippen molar-refractivity contribution in [1.82, 2.24) is 0 Å².